The minimum absolute atomic E-state index is 0.0304. The van der Waals surface area contributed by atoms with E-state index in [-0.39, 0.29) is 5.91 Å². The fraction of sp³-hybridized carbons (Fsp3) is 0.650. The Bertz CT molecular complexity index is 541. The van der Waals surface area contributed by atoms with Crippen molar-refractivity contribution in [1.29, 1.82) is 0 Å². The molecule has 4 nitrogen and oxygen atoms in total. The number of rotatable bonds is 5. The zero-order chi connectivity index (χ0) is 17.1. The first-order valence-electron chi connectivity index (χ1n) is 9.32. The third-order valence-electron chi connectivity index (χ3n) is 5.37. The summed E-state index contributed by atoms with van der Waals surface area (Å²) in [6.07, 6.45) is 5.75. The molecule has 4 heteroatoms. The van der Waals surface area contributed by atoms with Crippen LogP contribution in [-0.4, -0.2) is 24.6 Å². The molecular weight excluding hydrogens is 300 g/mol. The van der Waals surface area contributed by atoms with Gasteiger partial charge in [-0.05, 0) is 67.7 Å². The van der Waals surface area contributed by atoms with Crippen molar-refractivity contribution in [3.63, 3.8) is 0 Å². The summed E-state index contributed by atoms with van der Waals surface area (Å²) in [6.45, 7) is 4.93. The summed E-state index contributed by atoms with van der Waals surface area (Å²) in [5.41, 5.74) is 6.88. The lowest BCUT2D eigenvalue weighted by atomic mass is 9.67. The summed E-state index contributed by atoms with van der Waals surface area (Å²) in [7, 11) is 0. The van der Waals surface area contributed by atoms with E-state index in [0.717, 1.165) is 18.6 Å². The van der Waals surface area contributed by atoms with Gasteiger partial charge in [-0.15, -0.1) is 0 Å². The molecule has 1 aromatic carbocycles. The maximum absolute atomic E-state index is 12.6. The maximum Gasteiger partial charge on any atom is 0.251 e. The Labute approximate surface area is 145 Å². The lowest BCUT2D eigenvalue weighted by Crippen LogP contribution is -2.53. The average molecular weight is 330 g/mol. The van der Waals surface area contributed by atoms with Gasteiger partial charge in [0.1, 0.15) is 5.75 Å². The highest BCUT2D eigenvalue weighted by Crippen LogP contribution is 2.39. The van der Waals surface area contributed by atoms with Crippen LogP contribution < -0.4 is 15.8 Å². The van der Waals surface area contributed by atoms with Crippen molar-refractivity contribution in [2.75, 3.05) is 6.61 Å². The molecule has 24 heavy (non-hydrogen) atoms. The number of fused-ring (bicyclic) bond motifs is 2. The summed E-state index contributed by atoms with van der Waals surface area (Å²) in [4.78, 5) is 12.6. The van der Waals surface area contributed by atoms with E-state index in [9.17, 15) is 4.79 Å². The zero-order valence-corrected chi connectivity index (χ0v) is 14.8. The van der Waals surface area contributed by atoms with E-state index in [1.807, 2.05) is 24.3 Å². The Balaban J connectivity index is 1.60. The van der Waals surface area contributed by atoms with Crippen molar-refractivity contribution in [3.8, 4) is 5.75 Å². The van der Waals surface area contributed by atoms with Crippen LogP contribution in [0.1, 0.15) is 56.3 Å². The Morgan fingerprint density at radius 3 is 2.42 bits per heavy atom. The highest BCUT2D eigenvalue weighted by atomic mass is 16.5. The number of amides is 1. The van der Waals surface area contributed by atoms with Gasteiger partial charge in [0.15, 0.2) is 0 Å². The number of nitrogens with one attached hydrogen (secondary N) is 1. The van der Waals surface area contributed by atoms with Gasteiger partial charge in [0.05, 0.1) is 6.61 Å². The van der Waals surface area contributed by atoms with E-state index >= 15 is 0 Å². The van der Waals surface area contributed by atoms with Gasteiger partial charge in [-0.1, -0.05) is 20.3 Å². The standard InChI is InChI=1S/C20H30N2O2/c1-13(2)12-24-18-8-6-14(7-9-18)20(23)22-19-15-4-3-5-16(19)11-17(21)10-15/h6-9,13,15-17,19H,3-5,10-12,21H2,1-2H3,(H,22,23). The fourth-order valence-corrected chi connectivity index (χ4v) is 4.22. The van der Waals surface area contributed by atoms with Crippen LogP contribution >= 0.6 is 0 Å². The van der Waals surface area contributed by atoms with Gasteiger partial charge in [0.25, 0.3) is 5.91 Å². The molecule has 2 atom stereocenters. The van der Waals surface area contributed by atoms with Gasteiger partial charge in [-0.3, -0.25) is 4.79 Å². The van der Waals surface area contributed by atoms with E-state index in [1.54, 1.807) is 0 Å². The number of ether oxygens (including phenoxy) is 1. The van der Waals surface area contributed by atoms with Crippen molar-refractivity contribution in [1.82, 2.24) is 5.32 Å². The van der Waals surface area contributed by atoms with Crippen LogP contribution in [0.5, 0.6) is 5.75 Å². The summed E-state index contributed by atoms with van der Waals surface area (Å²) in [5.74, 6) is 2.43. The van der Waals surface area contributed by atoms with Crippen LogP contribution in [0.15, 0.2) is 24.3 Å². The molecule has 2 unspecified atom stereocenters. The van der Waals surface area contributed by atoms with Crippen LogP contribution in [-0.2, 0) is 0 Å². The van der Waals surface area contributed by atoms with Gasteiger partial charge in [0.2, 0.25) is 0 Å². The van der Waals surface area contributed by atoms with Crippen LogP contribution in [0.3, 0.4) is 0 Å². The van der Waals surface area contributed by atoms with Crippen molar-refractivity contribution in [2.24, 2.45) is 23.5 Å². The van der Waals surface area contributed by atoms with Gasteiger partial charge >= 0.3 is 0 Å². The van der Waals surface area contributed by atoms with Gasteiger partial charge in [-0.2, -0.15) is 0 Å². The van der Waals surface area contributed by atoms with E-state index < -0.39 is 0 Å². The maximum atomic E-state index is 12.6. The van der Waals surface area contributed by atoms with E-state index in [1.165, 1.54) is 19.3 Å². The Morgan fingerprint density at radius 2 is 1.83 bits per heavy atom. The first kappa shape index (κ1) is 17.3. The average Bonchev–Trinajstić information content (AvgIpc) is 2.54. The van der Waals surface area contributed by atoms with E-state index in [2.05, 4.69) is 19.2 Å². The van der Waals surface area contributed by atoms with Crippen LogP contribution in [0.25, 0.3) is 0 Å². The molecule has 0 aliphatic heterocycles. The van der Waals surface area contributed by atoms with Gasteiger partial charge in [-0.25, -0.2) is 0 Å². The highest BCUT2D eigenvalue weighted by molar-refractivity contribution is 5.94. The number of carbonyl (C=O) groups is 1. The number of nitrogens with two attached hydrogens (primary N) is 1. The quantitative estimate of drug-likeness (QED) is 0.870. The minimum Gasteiger partial charge on any atom is -0.493 e. The molecule has 2 bridgehead atoms. The molecule has 0 saturated heterocycles. The summed E-state index contributed by atoms with van der Waals surface area (Å²) in [5, 5.41) is 3.29. The number of benzene rings is 1. The van der Waals surface area contributed by atoms with E-state index in [4.69, 9.17) is 10.5 Å². The van der Waals surface area contributed by atoms with Crippen molar-refractivity contribution in [2.45, 2.75) is 58.0 Å². The first-order valence-corrected chi connectivity index (χ1v) is 9.32. The highest BCUT2D eigenvalue weighted by Gasteiger charge is 2.39. The smallest absolute Gasteiger partial charge is 0.251 e. The molecule has 0 spiro atoms. The zero-order valence-electron chi connectivity index (χ0n) is 14.8. The molecule has 0 radical (unpaired) electrons. The summed E-state index contributed by atoms with van der Waals surface area (Å²) < 4.78 is 5.68. The molecule has 1 aromatic rings. The normalized spacial score (nSPS) is 29.3. The molecule has 2 saturated carbocycles. The molecule has 3 N–H and O–H groups in total. The molecule has 3 rings (SSSR count). The molecule has 0 aromatic heterocycles. The lowest BCUT2D eigenvalue weighted by Gasteiger charge is -2.45. The fourth-order valence-electron chi connectivity index (χ4n) is 4.22. The first-order chi connectivity index (χ1) is 11.5. The Kier molecular flexibility index (Phi) is 5.44. The van der Waals surface area contributed by atoms with Crippen molar-refractivity contribution >= 4 is 5.91 Å². The molecule has 2 aliphatic rings. The predicted octanol–water partition coefficient (Wildman–Crippen LogP) is 3.36. The summed E-state index contributed by atoms with van der Waals surface area (Å²) in [6, 6.07) is 8.09. The summed E-state index contributed by atoms with van der Waals surface area (Å²) >= 11 is 0. The van der Waals surface area contributed by atoms with Crippen LogP contribution in [0.2, 0.25) is 0 Å². The second kappa shape index (κ2) is 7.56. The second-order valence-corrected chi connectivity index (χ2v) is 7.91. The third-order valence-corrected chi connectivity index (χ3v) is 5.37. The SMILES string of the molecule is CC(C)COc1ccc(C(=O)NC2C3CCCC2CC(N)C3)cc1. The number of hydrogen-bond donors (Lipinski definition) is 2. The van der Waals surface area contributed by atoms with Gasteiger partial charge in [0, 0.05) is 17.6 Å². The molecule has 0 heterocycles. The van der Waals surface area contributed by atoms with Crippen LogP contribution in [0, 0.1) is 17.8 Å². The molecule has 132 valence electrons. The second-order valence-electron chi connectivity index (χ2n) is 7.91. The largest absolute Gasteiger partial charge is 0.493 e. The van der Waals surface area contributed by atoms with E-state index in [0.29, 0.717) is 42.0 Å². The minimum atomic E-state index is 0.0304. The Morgan fingerprint density at radius 1 is 1.21 bits per heavy atom. The number of carbonyl (C=O) groups excluding carboxylic acids is 1. The van der Waals surface area contributed by atoms with Gasteiger partial charge < -0.3 is 15.8 Å². The third kappa shape index (κ3) is 4.10. The van der Waals surface area contributed by atoms with Crippen molar-refractivity contribution in [3.05, 3.63) is 29.8 Å². The molecule has 2 fully saturated rings. The van der Waals surface area contributed by atoms with Crippen LogP contribution in [0.4, 0.5) is 0 Å². The molecule has 1 amide bonds. The monoisotopic (exact) mass is 330 g/mol. The predicted molar refractivity (Wildman–Crippen MR) is 96.1 cm³/mol. The molecular formula is C20H30N2O2. The number of hydrogen-bond acceptors (Lipinski definition) is 3. The Hall–Kier alpha value is -1.55. The topological polar surface area (TPSA) is 64.3 Å². The van der Waals surface area contributed by atoms with Crippen molar-refractivity contribution < 1.29 is 9.53 Å². The molecule has 2 aliphatic carbocycles. The lowest BCUT2D eigenvalue weighted by molar-refractivity contribution is 0.0756.